The highest BCUT2D eigenvalue weighted by atomic mass is 35.5. The van der Waals surface area contributed by atoms with Crippen LogP contribution >= 0.6 is 12.4 Å². The summed E-state index contributed by atoms with van der Waals surface area (Å²) >= 11 is 0. The predicted molar refractivity (Wildman–Crippen MR) is 98.5 cm³/mol. The van der Waals surface area contributed by atoms with E-state index in [-0.39, 0.29) is 36.0 Å². The molecule has 1 atom stereocenters. The van der Waals surface area contributed by atoms with Crippen LogP contribution in [0.2, 0.25) is 0 Å². The summed E-state index contributed by atoms with van der Waals surface area (Å²) in [6, 6.07) is 8.02. The topological polar surface area (TPSA) is 115 Å². The first kappa shape index (κ1) is 23.8. The van der Waals surface area contributed by atoms with E-state index in [9.17, 15) is 31.7 Å². The Bertz CT molecular complexity index is 904. The summed E-state index contributed by atoms with van der Waals surface area (Å²) in [6.45, 7) is -0.0541. The van der Waals surface area contributed by atoms with Gasteiger partial charge >= 0.3 is 6.18 Å². The van der Waals surface area contributed by atoms with E-state index < -0.39 is 32.7 Å². The van der Waals surface area contributed by atoms with Crippen LogP contribution in [0.25, 0.3) is 0 Å². The molecule has 154 valence electrons. The Morgan fingerprint density at radius 1 is 1.07 bits per heavy atom. The van der Waals surface area contributed by atoms with Crippen LogP contribution in [0.5, 0.6) is 0 Å². The fourth-order valence-corrected chi connectivity index (χ4v) is 3.31. The number of alkyl halides is 3. The van der Waals surface area contributed by atoms with E-state index in [0.717, 1.165) is 36.4 Å². The zero-order valence-corrected chi connectivity index (χ0v) is 15.9. The number of hydrogen-bond donors (Lipinski definition) is 2. The Labute approximate surface area is 165 Å². The maximum Gasteiger partial charge on any atom is 0.416 e. The first-order chi connectivity index (χ1) is 12.5. The molecular weight excluding hydrogens is 423 g/mol. The van der Waals surface area contributed by atoms with Gasteiger partial charge in [-0.25, -0.2) is 13.1 Å². The lowest BCUT2D eigenvalue weighted by atomic mass is 10.0. The summed E-state index contributed by atoms with van der Waals surface area (Å²) in [4.78, 5) is 9.80. The van der Waals surface area contributed by atoms with E-state index in [4.69, 9.17) is 5.73 Å². The summed E-state index contributed by atoms with van der Waals surface area (Å²) in [7, 11) is -3.88. The molecule has 2 aromatic rings. The van der Waals surface area contributed by atoms with E-state index in [1.165, 1.54) is 12.1 Å². The lowest BCUT2D eigenvalue weighted by Crippen LogP contribution is -2.27. The summed E-state index contributed by atoms with van der Waals surface area (Å²) in [6.07, 6.45) is -4.29. The van der Waals surface area contributed by atoms with Crippen LogP contribution in [0.4, 0.5) is 18.9 Å². The van der Waals surface area contributed by atoms with Crippen LogP contribution in [0.1, 0.15) is 23.6 Å². The summed E-state index contributed by atoms with van der Waals surface area (Å²) in [5, 5.41) is 10.6. The van der Waals surface area contributed by atoms with Gasteiger partial charge in [-0.15, -0.1) is 12.4 Å². The monoisotopic (exact) mass is 439 g/mol. The highest BCUT2D eigenvalue weighted by Crippen LogP contribution is 2.30. The second-order valence-electron chi connectivity index (χ2n) is 5.66. The fraction of sp³-hybridized carbons (Fsp3) is 0.250. The zero-order chi connectivity index (χ0) is 20.2. The van der Waals surface area contributed by atoms with E-state index in [0.29, 0.717) is 5.56 Å². The number of nitrogens with zero attached hydrogens (tertiary/aromatic N) is 1. The van der Waals surface area contributed by atoms with Crippen molar-refractivity contribution in [2.24, 2.45) is 5.73 Å². The number of non-ortho nitro benzene ring substituents is 1. The average molecular weight is 440 g/mol. The molecule has 12 heteroatoms. The number of sulfonamides is 1. The third-order valence-corrected chi connectivity index (χ3v) is 5.25. The average Bonchev–Trinajstić information content (AvgIpc) is 2.61. The van der Waals surface area contributed by atoms with Crippen LogP contribution in [0.3, 0.4) is 0 Å². The molecule has 0 unspecified atom stereocenters. The van der Waals surface area contributed by atoms with Gasteiger partial charge in [-0.3, -0.25) is 10.1 Å². The first-order valence-corrected chi connectivity index (χ1v) is 9.16. The lowest BCUT2D eigenvalue weighted by Gasteiger charge is -2.14. The van der Waals surface area contributed by atoms with Gasteiger partial charge in [-0.1, -0.05) is 12.1 Å². The summed E-state index contributed by atoms with van der Waals surface area (Å²) < 4.78 is 64.2. The molecule has 0 aliphatic rings. The first-order valence-electron chi connectivity index (χ1n) is 7.67. The largest absolute Gasteiger partial charge is 0.416 e. The predicted octanol–water partition coefficient (Wildman–Crippen LogP) is 3.40. The molecule has 0 aliphatic carbocycles. The van der Waals surface area contributed by atoms with Gasteiger partial charge in [0.15, 0.2) is 0 Å². The minimum absolute atomic E-state index is 0. The standard InChI is InChI=1S/C16H16F3N3O4S.ClH/c17-16(18,19)12-3-1-11(2-4-12)15(20)9-10-21-27(25,26)14-7-5-13(6-8-14)22(23)24;/h1-8,15,21H,9-10,20H2;1H/t15-;/m0./s1. The normalized spacial score (nSPS) is 12.9. The number of nitro groups is 1. The van der Waals surface area contributed by atoms with E-state index in [2.05, 4.69) is 4.72 Å². The van der Waals surface area contributed by atoms with Gasteiger partial charge in [-0.05, 0) is 36.2 Å². The molecule has 0 aromatic heterocycles. The van der Waals surface area contributed by atoms with Crippen molar-refractivity contribution >= 4 is 28.1 Å². The molecule has 0 spiro atoms. The number of rotatable bonds is 7. The molecule has 7 nitrogen and oxygen atoms in total. The Kier molecular flexibility index (Phi) is 7.94. The third-order valence-electron chi connectivity index (χ3n) is 3.77. The number of nitrogens with one attached hydrogen (secondary N) is 1. The Balaban J connectivity index is 0.00000392. The maximum absolute atomic E-state index is 12.5. The summed E-state index contributed by atoms with van der Waals surface area (Å²) in [5.74, 6) is 0. The van der Waals surface area contributed by atoms with Crippen molar-refractivity contribution < 1.29 is 26.5 Å². The number of benzene rings is 2. The molecule has 3 N–H and O–H groups in total. The van der Waals surface area contributed by atoms with Crippen LogP contribution in [0.15, 0.2) is 53.4 Å². The van der Waals surface area contributed by atoms with Gasteiger partial charge in [0, 0.05) is 24.7 Å². The second kappa shape index (κ2) is 9.32. The maximum atomic E-state index is 12.5. The molecule has 0 saturated carbocycles. The van der Waals surface area contributed by atoms with Crippen molar-refractivity contribution in [1.29, 1.82) is 0 Å². The highest BCUT2D eigenvalue weighted by molar-refractivity contribution is 7.89. The van der Waals surface area contributed by atoms with Crippen LogP contribution in [-0.2, 0) is 16.2 Å². The quantitative estimate of drug-likeness (QED) is 0.506. The lowest BCUT2D eigenvalue weighted by molar-refractivity contribution is -0.384. The van der Waals surface area contributed by atoms with E-state index in [1.807, 2.05) is 0 Å². The molecule has 0 saturated heterocycles. The molecule has 0 heterocycles. The molecule has 0 aliphatic heterocycles. The van der Waals surface area contributed by atoms with Crippen LogP contribution < -0.4 is 10.5 Å². The molecule has 28 heavy (non-hydrogen) atoms. The third kappa shape index (κ3) is 6.16. The van der Waals surface area contributed by atoms with Crippen LogP contribution in [0, 0.1) is 10.1 Å². The number of nitro benzene ring substituents is 1. The highest BCUT2D eigenvalue weighted by Gasteiger charge is 2.30. The minimum atomic E-state index is -4.44. The second-order valence-corrected chi connectivity index (χ2v) is 7.43. The fourth-order valence-electron chi connectivity index (χ4n) is 2.27. The Hall–Kier alpha value is -2.21. The van der Waals surface area contributed by atoms with Gasteiger partial charge < -0.3 is 5.73 Å². The molecule has 0 bridgehead atoms. The van der Waals surface area contributed by atoms with Crippen molar-refractivity contribution in [2.75, 3.05) is 6.54 Å². The van der Waals surface area contributed by atoms with Crippen molar-refractivity contribution in [3.05, 3.63) is 69.8 Å². The smallest absolute Gasteiger partial charge is 0.324 e. The van der Waals surface area contributed by atoms with Gasteiger partial charge in [-0.2, -0.15) is 13.2 Å². The zero-order valence-electron chi connectivity index (χ0n) is 14.2. The van der Waals surface area contributed by atoms with Gasteiger partial charge in [0.2, 0.25) is 10.0 Å². The summed E-state index contributed by atoms with van der Waals surface area (Å²) in [5.41, 5.74) is 5.29. The number of halogens is 4. The molecule has 0 fully saturated rings. The number of nitrogens with two attached hydrogens (primary N) is 1. The van der Waals surface area contributed by atoms with E-state index in [1.54, 1.807) is 0 Å². The van der Waals surface area contributed by atoms with Crippen molar-refractivity contribution in [1.82, 2.24) is 4.72 Å². The SMILES string of the molecule is Cl.N[C@@H](CCNS(=O)(=O)c1ccc([N+](=O)[O-])cc1)c1ccc(C(F)(F)F)cc1. The van der Waals surface area contributed by atoms with Crippen molar-refractivity contribution in [3.63, 3.8) is 0 Å². The molecular formula is C16H17ClF3N3O4S. The minimum Gasteiger partial charge on any atom is -0.324 e. The molecule has 2 aromatic carbocycles. The Morgan fingerprint density at radius 2 is 1.61 bits per heavy atom. The molecule has 0 amide bonds. The van der Waals surface area contributed by atoms with Crippen molar-refractivity contribution in [2.45, 2.75) is 23.5 Å². The van der Waals surface area contributed by atoms with Gasteiger partial charge in [0.1, 0.15) is 0 Å². The van der Waals surface area contributed by atoms with Crippen LogP contribution in [-0.4, -0.2) is 19.9 Å². The number of hydrogen-bond acceptors (Lipinski definition) is 5. The molecule has 0 radical (unpaired) electrons. The molecule has 2 rings (SSSR count). The van der Waals surface area contributed by atoms with Gasteiger partial charge in [0.05, 0.1) is 15.4 Å². The van der Waals surface area contributed by atoms with Gasteiger partial charge in [0.25, 0.3) is 5.69 Å². The van der Waals surface area contributed by atoms with E-state index >= 15 is 0 Å². The van der Waals surface area contributed by atoms with Crippen molar-refractivity contribution in [3.8, 4) is 0 Å². The Morgan fingerprint density at radius 3 is 2.07 bits per heavy atom.